The predicted molar refractivity (Wildman–Crippen MR) is 73.3 cm³/mol. The van der Waals surface area contributed by atoms with Crippen molar-refractivity contribution in [3.05, 3.63) is 0 Å². The van der Waals surface area contributed by atoms with Crippen LogP contribution in [0.2, 0.25) is 0 Å². The number of likely N-dealkylation sites (N-methyl/N-ethyl adjacent to an activating group) is 1. The van der Waals surface area contributed by atoms with Crippen molar-refractivity contribution in [2.24, 2.45) is 5.41 Å². The van der Waals surface area contributed by atoms with E-state index in [0.29, 0.717) is 5.41 Å². The number of hydrogen-bond acceptors (Lipinski definition) is 3. The molecule has 2 aliphatic rings. The van der Waals surface area contributed by atoms with Crippen LogP contribution in [0.4, 0.5) is 0 Å². The highest BCUT2D eigenvalue weighted by atomic mass is 32.1. The third kappa shape index (κ3) is 2.74. The zero-order chi connectivity index (χ0) is 11.6. The summed E-state index contributed by atoms with van der Waals surface area (Å²) >= 11 is 4.50. The van der Waals surface area contributed by atoms with Crippen LogP contribution in [0.3, 0.4) is 0 Å². The Morgan fingerprint density at radius 2 is 2.00 bits per heavy atom. The summed E-state index contributed by atoms with van der Waals surface area (Å²) in [5.74, 6) is 1.08. The van der Waals surface area contributed by atoms with Crippen LogP contribution < -0.4 is 0 Å². The number of nitrogens with zero attached hydrogens (tertiary/aromatic N) is 2. The van der Waals surface area contributed by atoms with E-state index in [4.69, 9.17) is 0 Å². The van der Waals surface area contributed by atoms with Crippen LogP contribution >= 0.6 is 12.6 Å². The molecule has 1 heterocycles. The molecule has 94 valence electrons. The molecule has 0 N–H and O–H groups in total. The standard InChI is InChI=1S/C13H26N2S/c1-3-15(4-2)12-5-8-14(9-12)10-13(11-16)6-7-13/h12,16H,3-11H2,1-2H3. The van der Waals surface area contributed by atoms with Crippen molar-refractivity contribution in [3.63, 3.8) is 0 Å². The van der Waals surface area contributed by atoms with E-state index in [1.807, 2.05) is 0 Å². The Labute approximate surface area is 106 Å². The maximum Gasteiger partial charge on any atom is 0.0235 e. The summed E-state index contributed by atoms with van der Waals surface area (Å²) < 4.78 is 0. The van der Waals surface area contributed by atoms with Crippen LogP contribution in [0.5, 0.6) is 0 Å². The van der Waals surface area contributed by atoms with Crippen LogP contribution in [0, 0.1) is 5.41 Å². The lowest BCUT2D eigenvalue weighted by atomic mass is 10.1. The second-order valence-corrected chi connectivity index (χ2v) is 5.87. The van der Waals surface area contributed by atoms with E-state index in [-0.39, 0.29) is 0 Å². The van der Waals surface area contributed by atoms with E-state index in [9.17, 15) is 0 Å². The van der Waals surface area contributed by atoms with Crippen LogP contribution in [-0.4, -0.2) is 54.3 Å². The van der Waals surface area contributed by atoms with E-state index >= 15 is 0 Å². The average molecular weight is 242 g/mol. The number of rotatable bonds is 6. The Hall–Kier alpha value is 0.270. The first-order valence-corrected chi connectivity index (χ1v) is 7.43. The average Bonchev–Trinajstić information content (AvgIpc) is 2.93. The largest absolute Gasteiger partial charge is 0.301 e. The molecule has 1 saturated carbocycles. The molecule has 2 nitrogen and oxygen atoms in total. The van der Waals surface area contributed by atoms with E-state index < -0.39 is 0 Å². The molecule has 0 radical (unpaired) electrons. The first kappa shape index (κ1) is 12.7. The smallest absolute Gasteiger partial charge is 0.0235 e. The molecule has 0 amide bonds. The van der Waals surface area contributed by atoms with E-state index in [0.717, 1.165) is 11.8 Å². The van der Waals surface area contributed by atoms with Crippen molar-refractivity contribution in [3.8, 4) is 0 Å². The third-order valence-electron chi connectivity index (χ3n) is 4.43. The van der Waals surface area contributed by atoms with Gasteiger partial charge in [-0.2, -0.15) is 12.6 Å². The van der Waals surface area contributed by atoms with Gasteiger partial charge in [-0.1, -0.05) is 13.8 Å². The molecule has 0 bridgehead atoms. The third-order valence-corrected chi connectivity index (χ3v) is 5.10. The summed E-state index contributed by atoms with van der Waals surface area (Å²) in [5.41, 5.74) is 0.598. The molecule has 1 unspecified atom stereocenters. The van der Waals surface area contributed by atoms with Gasteiger partial charge in [0.2, 0.25) is 0 Å². The van der Waals surface area contributed by atoms with Crippen LogP contribution in [0.1, 0.15) is 33.1 Å². The summed E-state index contributed by atoms with van der Waals surface area (Å²) in [6.07, 6.45) is 4.18. The fraction of sp³-hybridized carbons (Fsp3) is 1.00. The summed E-state index contributed by atoms with van der Waals surface area (Å²) in [6.45, 7) is 10.9. The van der Waals surface area contributed by atoms with Gasteiger partial charge in [0, 0.05) is 19.1 Å². The van der Waals surface area contributed by atoms with Gasteiger partial charge >= 0.3 is 0 Å². The van der Waals surface area contributed by atoms with Crippen molar-refractivity contribution in [1.82, 2.24) is 9.80 Å². The molecular weight excluding hydrogens is 216 g/mol. The van der Waals surface area contributed by atoms with Gasteiger partial charge in [-0.05, 0) is 50.1 Å². The minimum Gasteiger partial charge on any atom is -0.301 e. The van der Waals surface area contributed by atoms with Gasteiger partial charge in [-0.25, -0.2) is 0 Å². The van der Waals surface area contributed by atoms with Gasteiger partial charge in [0.1, 0.15) is 0 Å². The number of likely N-dealkylation sites (tertiary alicyclic amines) is 1. The molecule has 2 rings (SSSR count). The molecule has 16 heavy (non-hydrogen) atoms. The Morgan fingerprint density at radius 1 is 1.31 bits per heavy atom. The summed E-state index contributed by atoms with van der Waals surface area (Å²) in [4.78, 5) is 5.28. The topological polar surface area (TPSA) is 6.48 Å². The van der Waals surface area contributed by atoms with Gasteiger partial charge in [0.25, 0.3) is 0 Å². The Morgan fingerprint density at radius 3 is 2.50 bits per heavy atom. The highest BCUT2D eigenvalue weighted by Crippen LogP contribution is 2.47. The molecule has 0 spiro atoms. The normalized spacial score (nSPS) is 28.9. The first-order valence-electron chi connectivity index (χ1n) is 6.80. The zero-order valence-electron chi connectivity index (χ0n) is 10.8. The fourth-order valence-corrected chi connectivity index (χ4v) is 3.43. The van der Waals surface area contributed by atoms with E-state index in [1.54, 1.807) is 0 Å². The molecule has 0 aromatic rings. The molecule has 1 aliphatic carbocycles. The van der Waals surface area contributed by atoms with Crippen LogP contribution in [0.15, 0.2) is 0 Å². The highest BCUT2D eigenvalue weighted by Gasteiger charge is 2.43. The molecule has 3 heteroatoms. The van der Waals surface area contributed by atoms with Gasteiger partial charge in [-0.3, -0.25) is 4.90 Å². The maximum absolute atomic E-state index is 4.50. The quantitative estimate of drug-likeness (QED) is 0.713. The van der Waals surface area contributed by atoms with Crippen LogP contribution in [0.25, 0.3) is 0 Å². The van der Waals surface area contributed by atoms with Gasteiger partial charge in [0.15, 0.2) is 0 Å². The maximum atomic E-state index is 4.50. The van der Waals surface area contributed by atoms with Crippen LogP contribution in [-0.2, 0) is 0 Å². The van der Waals surface area contributed by atoms with Crippen molar-refractivity contribution >= 4 is 12.6 Å². The Bertz CT molecular complexity index is 224. The van der Waals surface area contributed by atoms with Crippen molar-refractivity contribution in [2.75, 3.05) is 38.5 Å². The van der Waals surface area contributed by atoms with Gasteiger partial charge in [0.05, 0.1) is 0 Å². The molecule has 2 fully saturated rings. The summed E-state index contributed by atoms with van der Waals surface area (Å²) in [7, 11) is 0. The lowest BCUT2D eigenvalue weighted by Crippen LogP contribution is -2.38. The summed E-state index contributed by atoms with van der Waals surface area (Å²) in [6, 6.07) is 0.811. The number of thiol groups is 1. The molecule has 1 saturated heterocycles. The minimum absolute atomic E-state index is 0.598. The monoisotopic (exact) mass is 242 g/mol. The fourth-order valence-electron chi connectivity index (χ4n) is 3.01. The molecule has 1 aliphatic heterocycles. The van der Waals surface area contributed by atoms with Gasteiger partial charge < -0.3 is 4.90 Å². The lowest BCUT2D eigenvalue weighted by Gasteiger charge is -2.27. The summed E-state index contributed by atoms with van der Waals surface area (Å²) in [5, 5.41) is 0. The van der Waals surface area contributed by atoms with E-state index in [2.05, 4.69) is 36.3 Å². The molecular formula is C13H26N2S. The minimum atomic E-state index is 0.598. The first-order chi connectivity index (χ1) is 7.73. The van der Waals surface area contributed by atoms with E-state index in [1.165, 1.54) is 52.0 Å². The highest BCUT2D eigenvalue weighted by molar-refractivity contribution is 7.80. The SMILES string of the molecule is CCN(CC)C1CCN(CC2(CS)CC2)C1. The van der Waals surface area contributed by atoms with Crippen molar-refractivity contribution < 1.29 is 0 Å². The lowest BCUT2D eigenvalue weighted by molar-refractivity contribution is 0.201. The molecule has 0 aromatic heterocycles. The zero-order valence-corrected chi connectivity index (χ0v) is 11.7. The second-order valence-electron chi connectivity index (χ2n) is 5.56. The Kier molecular flexibility index (Phi) is 4.20. The molecule has 0 aromatic carbocycles. The van der Waals surface area contributed by atoms with Crippen molar-refractivity contribution in [2.45, 2.75) is 39.2 Å². The second kappa shape index (κ2) is 5.28. The van der Waals surface area contributed by atoms with Gasteiger partial charge in [-0.15, -0.1) is 0 Å². The molecule has 1 atom stereocenters. The number of hydrogen-bond donors (Lipinski definition) is 1. The predicted octanol–water partition coefficient (Wildman–Crippen LogP) is 2.11. The van der Waals surface area contributed by atoms with Crippen molar-refractivity contribution in [1.29, 1.82) is 0 Å². The Balaban J connectivity index is 1.79.